The molecule has 0 aromatic heterocycles. The second kappa shape index (κ2) is 4.96. The van der Waals surface area contributed by atoms with Crippen molar-refractivity contribution in [1.82, 2.24) is 0 Å². The molecule has 0 fully saturated rings. The van der Waals surface area contributed by atoms with Crippen molar-refractivity contribution in [2.75, 3.05) is 11.1 Å². The predicted octanol–water partition coefficient (Wildman–Crippen LogP) is 4.62. The van der Waals surface area contributed by atoms with Crippen LogP contribution in [0.3, 0.4) is 0 Å². The summed E-state index contributed by atoms with van der Waals surface area (Å²) in [4.78, 5) is 0. The molecule has 0 radical (unpaired) electrons. The van der Waals surface area contributed by atoms with Crippen LogP contribution in [0.1, 0.15) is 31.9 Å². The highest BCUT2D eigenvalue weighted by atomic mass is 14.9. The van der Waals surface area contributed by atoms with Crippen molar-refractivity contribution >= 4 is 17.1 Å². The van der Waals surface area contributed by atoms with Gasteiger partial charge in [0.1, 0.15) is 0 Å². The van der Waals surface area contributed by atoms with Gasteiger partial charge in [-0.3, -0.25) is 0 Å². The Hall–Kier alpha value is -1.96. The van der Waals surface area contributed by atoms with Gasteiger partial charge in [-0.25, -0.2) is 0 Å². The minimum absolute atomic E-state index is 0.186. The van der Waals surface area contributed by atoms with E-state index in [4.69, 9.17) is 5.73 Å². The molecule has 100 valence electrons. The van der Waals surface area contributed by atoms with Crippen molar-refractivity contribution < 1.29 is 0 Å². The molecule has 0 unspecified atom stereocenters. The lowest BCUT2D eigenvalue weighted by Crippen LogP contribution is -2.10. The molecule has 2 aromatic rings. The van der Waals surface area contributed by atoms with Gasteiger partial charge in [0.15, 0.2) is 0 Å². The number of nitrogens with one attached hydrogen (secondary N) is 1. The van der Waals surface area contributed by atoms with Gasteiger partial charge in [-0.05, 0) is 47.7 Å². The first-order chi connectivity index (χ1) is 8.86. The second-order valence-electron chi connectivity index (χ2n) is 6.03. The molecular formula is C17H22N2. The smallest absolute Gasteiger partial charge is 0.0434 e. The maximum atomic E-state index is 5.82. The molecule has 0 spiro atoms. The maximum Gasteiger partial charge on any atom is 0.0434 e. The van der Waals surface area contributed by atoms with E-state index in [0.717, 1.165) is 17.1 Å². The van der Waals surface area contributed by atoms with Gasteiger partial charge in [-0.2, -0.15) is 0 Å². The van der Waals surface area contributed by atoms with Crippen molar-refractivity contribution in [1.29, 1.82) is 0 Å². The van der Waals surface area contributed by atoms with E-state index in [9.17, 15) is 0 Å². The van der Waals surface area contributed by atoms with Crippen LogP contribution in [0, 0.1) is 6.92 Å². The first-order valence-corrected chi connectivity index (χ1v) is 6.60. The molecule has 0 saturated carbocycles. The van der Waals surface area contributed by atoms with E-state index in [-0.39, 0.29) is 5.41 Å². The van der Waals surface area contributed by atoms with Gasteiger partial charge in [0, 0.05) is 17.1 Å². The maximum absolute atomic E-state index is 5.82. The molecule has 19 heavy (non-hydrogen) atoms. The van der Waals surface area contributed by atoms with Crippen LogP contribution in [-0.4, -0.2) is 0 Å². The highest BCUT2D eigenvalue weighted by molar-refractivity contribution is 5.67. The minimum atomic E-state index is 0.186. The molecule has 2 nitrogen and oxygen atoms in total. The molecule has 0 amide bonds. The monoisotopic (exact) mass is 254 g/mol. The Labute approximate surface area is 115 Å². The zero-order valence-electron chi connectivity index (χ0n) is 12.1. The van der Waals surface area contributed by atoms with E-state index in [1.165, 1.54) is 11.1 Å². The van der Waals surface area contributed by atoms with Crippen molar-refractivity contribution in [3.05, 3.63) is 53.6 Å². The zero-order valence-corrected chi connectivity index (χ0v) is 12.1. The van der Waals surface area contributed by atoms with E-state index >= 15 is 0 Å². The van der Waals surface area contributed by atoms with Gasteiger partial charge in [0.2, 0.25) is 0 Å². The van der Waals surface area contributed by atoms with Crippen molar-refractivity contribution in [3.63, 3.8) is 0 Å². The number of nitrogens with two attached hydrogens (primary N) is 1. The highest BCUT2D eigenvalue weighted by Gasteiger charge is 2.12. The number of nitrogen functional groups attached to an aromatic ring is 1. The summed E-state index contributed by atoms with van der Waals surface area (Å²) in [6, 6.07) is 14.5. The van der Waals surface area contributed by atoms with Crippen LogP contribution < -0.4 is 11.1 Å². The number of anilines is 3. The van der Waals surface area contributed by atoms with Crippen molar-refractivity contribution in [3.8, 4) is 0 Å². The fourth-order valence-corrected chi connectivity index (χ4v) is 1.98. The fraction of sp³-hybridized carbons (Fsp3) is 0.294. The normalized spacial score (nSPS) is 11.4. The van der Waals surface area contributed by atoms with E-state index < -0.39 is 0 Å². The molecule has 0 aliphatic rings. The Morgan fingerprint density at radius 3 is 2.16 bits per heavy atom. The van der Waals surface area contributed by atoms with Crippen LogP contribution in [0.2, 0.25) is 0 Å². The lowest BCUT2D eigenvalue weighted by atomic mass is 9.87. The van der Waals surface area contributed by atoms with E-state index in [0.29, 0.717) is 0 Å². The van der Waals surface area contributed by atoms with Crippen LogP contribution in [0.25, 0.3) is 0 Å². The lowest BCUT2D eigenvalue weighted by molar-refractivity contribution is 0.590. The quantitative estimate of drug-likeness (QED) is 0.767. The predicted molar refractivity (Wildman–Crippen MR) is 84.0 cm³/mol. The van der Waals surface area contributed by atoms with E-state index in [1.54, 1.807) is 0 Å². The Morgan fingerprint density at radius 2 is 1.58 bits per heavy atom. The largest absolute Gasteiger partial charge is 0.399 e. The summed E-state index contributed by atoms with van der Waals surface area (Å²) in [6.07, 6.45) is 0. The molecule has 0 heterocycles. The number of hydrogen-bond acceptors (Lipinski definition) is 2. The Kier molecular flexibility index (Phi) is 3.52. The third-order valence-electron chi connectivity index (χ3n) is 3.29. The lowest BCUT2D eigenvalue weighted by Gasteiger charge is -2.19. The van der Waals surface area contributed by atoms with E-state index in [2.05, 4.69) is 57.3 Å². The summed E-state index contributed by atoms with van der Waals surface area (Å²) in [5.74, 6) is 0. The second-order valence-corrected chi connectivity index (χ2v) is 6.03. The van der Waals surface area contributed by atoms with Gasteiger partial charge in [0.05, 0.1) is 0 Å². The molecule has 2 heteroatoms. The average Bonchev–Trinajstić information content (AvgIpc) is 2.33. The van der Waals surface area contributed by atoms with Gasteiger partial charge in [0.25, 0.3) is 0 Å². The number of rotatable bonds is 2. The standard InChI is InChI=1S/C17H22N2/c1-12-5-8-14(18)11-16(12)19-15-9-6-13(7-10-15)17(2,3)4/h5-11,19H,18H2,1-4H3. The van der Waals surface area contributed by atoms with Crippen LogP contribution in [0.4, 0.5) is 17.1 Å². The third kappa shape index (κ3) is 3.28. The topological polar surface area (TPSA) is 38.0 Å². The third-order valence-corrected chi connectivity index (χ3v) is 3.29. The van der Waals surface area contributed by atoms with Crippen LogP contribution in [0.15, 0.2) is 42.5 Å². The molecule has 2 rings (SSSR count). The Bertz CT molecular complexity index is 563. The average molecular weight is 254 g/mol. The van der Waals surface area contributed by atoms with Gasteiger partial charge in [-0.15, -0.1) is 0 Å². The molecule has 0 aliphatic carbocycles. The summed E-state index contributed by atoms with van der Waals surface area (Å²) in [5, 5.41) is 3.41. The Balaban J connectivity index is 2.22. The van der Waals surface area contributed by atoms with Gasteiger partial charge in [-0.1, -0.05) is 39.0 Å². The molecule has 2 aromatic carbocycles. The van der Waals surface area contributed by atoms with Gasteiger partial charge < -0.3 is 11.1 Å². The summed E-state index contributed by atoms with van der Waals surface area (Å²) < 4.78 is 0. The first kappa shape index (κ1) is 13.5. The van der Waals surface area contributed by atoms with Crippen LogP contribution in [0.5, 0.6) is 0 Å². The summed E-state index contributed by atoms with van der Waals surface area (Å²) in [6.45, 7) is 8.73. The molecular weight excluding hydrogens is 232 g/mol. The Morgan fingerprint density at radius 1 is 0.947 bits per heavy atom. The number of benzene rings is 2. The van der Waals surface area contributed by atoms with Crippen LogP contribution >= 0.6 is 0 Å². The summed E-state index contributed by atoms with van der Waals surface area (Å²) in [7, 11) is 0. The molecule has 0 bridgehead atoms. The minimum Gasteiger partial charge on any atom is -0.399 e. The SMILES string of the molecule is Cc1ccc(N)cc1Nc1ccc(C(C)(C)C)cc1. The van der Waals surface area contributed by atoms with Crippen molar-refractivity contribution in [2.45, 2.75) is 33.1 Å². The molecule has 0 saturated heterocycles. The number of hydrogen-bond donors (Lipinski definition) is 2. The summed E-state index contributed by atoms with van der Waals surface area (Å²) in [5.41, 5.74) is 11.5. The first-order valence-electron chi connectivity index (χ1n) is 6.60. The van der Waals surface area contributed by atoms with Gasteiger partial charge >= 0.3 is 0 Å². The molecule has 3 N–H and O–H groups in total. The van der Waals surface area contributed by atoms with E-state index in [1.807, 2.05) is 18.2 Å². The number of aryl methyl sites for hydroxylation is 1. The van der Waals surface area contributed by atoms with Crippen LogP contribution in [-0.2, 0) is 5.41 Å². The summed E-state index contributed by atoms with van der Waals surface area (Å²) >= 11 is 0. The molecule has 0 atom stereocenters. The molecule has 0 aliphatic heterocycles. The zero-order chi connectivity index (χ0) is 14.0. The highest BCUT2D eigenvalue weighted by Crippen LogP contribution is 2.26. The van der Waals surface area contributed by atoms with Crippen molar-refractivity contribution in [2.24, 2.45) is 0 Å². The fourth-order valence-electron chi connectivity index (χ4n) is 1.98.